The van der Waals surface area contributed by atoms with Gasteiger partial charge in [0, 0.05) is 6.92 Å². The Kier molecular flexibility index (Phi) is 10.9. The Labute approximate surface area is 144 Å². The third-order valence-corrected chi connectivity index (χ3v) is 3.47. The maximum absolute atomic E-state index is 11.5. The Balaban J connectivity index is 0. The van der Waals surface area contributed by atoms with E-state index in [-0.39, 0.29) is 0 Å². The number of ketones is 3. The summed E-state index contributed by atoms with van der Waals surface area (Å²) in [6.45, 7) is 2.07. The van der Waals surface area contributed by atoms with E-state index in [9.17, 15) is 24.0 Å². The highest BCUT2D eigenvalue weighted by atomic mass is 16.6. The standard InChI is InChI=1S/C10H12O6.C5H12O4/c1-5(11)10(6(2)12,7(3)13)9(15)16-8(4)14;6-1-5(2-7,3-8)4-9/h1-4H3;6-9H,1-4H2. The third-order valence-electron chi connectivity index (χ3n) is 3.47. The molecule has 10 nitrogen and oxygen atoms in total. The van der Waals surface area contributed by atoms with Crippen molar-refractivity contribution in [2.24, 2.45) is 10.8 Å². The summed E-state index contributed by atoms with van der Waals surface area (Å²) in [5.74, 6) is -5.30. The number of aliphatic hydroxyl groups is 4. The Hall–Kier alpha value is -2.01. The van der Waals surface area contributed by atoms with Gasteiger partial charge in [-0.3, -0.25) is 19.2 Å². The molecule has 0 fully saturated rings. The summed E-state index contributed by atoms with van der Waals surface area (Å²) >= 11 is 0. The van der Waals surface area contributed by atoms with E-state index >= 15 is 0 Å². The Bertz CT molecular complexity index is 465. The molecule has 0 aliphatic heterocycles. The second kappa shape index (κ2) is 10.8. The summed E-state index contributed by atoms with van der Waals surface area (Å²) < 4.78 is 4.16. The minimum absolute atomic E-state index is 0.406. The van der Waals surface area contributed by atoms with Crippen LogP contribution in [0.5, 0.6) is 0 Å². The predicted molar refractivity (Wildman–Crippen MR) is 82.0 cm³/mol. The van der Waals surface area contributed by atoms with Crippen LogP contribution in [0.3, 0.4) is 0 Å². The van der Waals surface area contributed by atoms with E-state index in [0.717, 1.165) is 27.7 Å². The molecule has 0 aromatic carbocycles. The normalized spacial score (nSPS) is 11.0. The van der Waals surface area contributed by atoms with Crippen molar-refractivity contribution in [1.82, 2.24) is 0 Å². The fraction of sp³-hybridized carbons (Fsp3) is 0.667. The highest BCUT2D eigenvalue weighted by molar-refractivity contribution is 6.36. The zero-order valence-corrected chi connectivity index (χ0v) is 14.6. The SMILES string of the molecule is CC(=O)OC(=O)C(C(C)=O)(C(C)=O)C(C)=O.OCC(CO)(CO)CO. The Morgan fingerprint density at radius 2 is 0.960 bits per heavy atom. The summed E-state index contributed by atoms with van der Waals surface area (Å²) in [7, 11) is 0. The van der Waals surface area contributed by atoms with E-state index < -0.39 is 66.5 Å². The Morgan fingerprint density at radius 1 is 0.680 bits per heavy atom. The van der Waals surface area contributed by atoms with Crippen LogP contribution in [-0.2, 0) is 28.7 Å². The molecule has 0 radical (unpaired) electrons. The molecule has 0 aliphatic rings. The van der Waals surface area contributed by atoms with Crippen LogP contribution in [-0.4, -0.2) is 76.1 Å². The van der Waals surface area contributed by atoms with Gasteiger partial charge in [0.2, 0.25) is 5.41 Å². The van der Waals surface area contributed by atoms with Gasteiger partial charge in [0.25, 0.3) is 0 Å². The minimum Gasteiger partial charge on any atom is -0.396 e. The number of aliphatic hydroxyl groups excluding tert-OH is 4. The van der Waals surface area contributed by atoms with Crippen molar-refractivity contribution in [1.29, 1.82) is 0 Å². The average Bonchev–Trinajstić information content (AvgIpc) is 2.49. The largest absolute Gasteiger partial charge is 0.396 e. The van der Waals surface area contributed by atoms with Gasteiger partial charge in [-0.1, -0.05) is 0 Å². The lowest BCUT2D eigenvalue weighted by Gasteiger charge is -2.23. The van der Waals surface area contributed by atoms with E-state index in [1.165, 1.54) is 0 Å². The van der Waals surface area contributed by atoms with Crippen molar-refractivity contribution in [2.45, 2.75) is 27.7 Å². The molecule has 0 heterocycles. The maximum atomic E-state index is 11.5. The Morgan fingerprint density at radius 3 is 1.08 bits per heavy atom. The maximum Gasteiger partial charge on any atom is 0.342 e. The number of esters is 2. The van der Waals surface area contributed by atoms with Gasteiger partial charge < -0.3 is 25.2 Å². The molecule has 0 spiro atoms. The third kappa shape index (κ3) is 6.09. The van der Waals surface area contributed by atoms with Crippen molar-refractivity contribution >= 4 is 29.3 Å². The molecule has 25 heavy (non-hydrogen) atoms. The van der Waals surface area contributed by atoms with Crippen LogP contribution in [0.15, 0.2) is 0 Å². The van der Waals surface area contributed by atoms with E-state index in [1.54, 1.807) is 0 Å². The van der Waals surface area contributed by atoms with Crippen LogP contribution >= 0.6 is 0 Å². The molecule has 0 bridgehead atoms. The van der Waals surface area contributed by atoms with Gasteiger partial charge in [-0.25, -0.2) is 4.79 Å². The zero-order valence-electron chi connectivity index (χ0n) is 14.6. The molecule has 0 rings (SSSR count). The van der Waals surface area contributed by atoms with Crippen LogP contribution in [0.4, 0.5) is 0 Å². The molecule has 4 N–H and O–H groups in total. The first-order valence-corrected chi connectivity index (χ1v) is 7.11. The van der Waals surface area contributed by atoms with Crippen molar-refractivity contribution in [3.63, 3.8) is 0 Å². The second-order valence-electron chi connectivity index (χ2n) is 5.43. The zero-order chi connectivity index (χ0) is 20.4. The molecular weight excluding hydrogens is 340 g/mol. The van der Waals surface area contributed by atoms with Crippen molar-refractivity contribution in [2.75, 3.05) is 26.4 Å². The topological polar surface area (TPSA) is 176 Å². The fourth-order valence-electron chi connectivity index (χ4n) is 1.68. The lowest BCUT2D eigenvalue weighted by atomic mass is 9.77. The first-order chi connectivity index (χ1) is 11.4. The van der Waals surface area contributed by atoms with Crippen molar-refractivity contribution in [3.05, 3.63) is 0 Å². The summed E-state index contributed by atoms with van der Waals surface area (Å²) in [4.78, 5) is 56.0. The molecular formula is C15H24O10. The van der Waals surface area contributed by atoms with E-state index in [0.29, 0.717) is 0 Å². The minimum atomic E-state index is -2.51. The second-order valence-corrected chi connectivity index (χ2v) is 5.43. The first kappa shape index (κ1) is 25.2. The summed E-state index contributed by atoms with van der Waals surface area (Å²) in [6.07, 6.45) is 0. The average molecular weight is 364 g/mol. The predicted octanol–water partition coefficient (Wildman–Crippen LogP) is -2.23. The monoisotopic (exact) mass is 364 g/mol. The summed E-state index contributed by atoms with van der Waals surface area (Å²) in [6, 6.07) is 0. The number of Topliss-reactive ketones (excluding diaryl/α,β-unsaturated/α-hetero) is 3. The lowest BCUT2D eigenvalue weighted by molar-refractivity contribution is -0.170. The number of carbonyl (C=O) groups is 5. The van der Waals surface area contributed by atoms with E-state index in [2.05, 4.69) is 4.74 Å². The molecule has 144 valence electrons. The number of hydrogen-bond donors (Lipinski definition) is 4. The number of rotatable bonds is 8. The quantitative estimate of drug-likeness (QED) is 0.272. The van der Waals surface area contributed by atoms with Gasteiger partial charge in [0.05, 0.1) is 31.8 Å². The van der Waals surface area contributed by atoms with E-state index in [1.807, 2.05) is 0 Å². The van der Waals surface area contributed by atoms with Gasteiger partial charge in [0.1, 0.15) is 0 Å². The molecule has 0 saturated carbocycles. The van der Waals surface area contributed by atoms with Crippen LogP contribution < -0.4 is 0 Å². The van der Waals surface area contributed by atoms with Gasteiger partial charge >= 0.3 is 11.9 Å². The first-order valence-electron chi connectivity index (χ1n) is 7.11. The molecule has 0 amide bonds. The highest BCUT2D eigenvalue weighted by Crippen LogP contribution is 2.24. The van der Waals surface area contributed by atoms with Crippen molar-refractivity contribution in [3.8, 4) is 0 Å². The van der Waals surface area contributed by atoms with Gasteiger partial charge in [-0.2, -0.15) is 0 Å². The van der Waals surface area contributed by atoms with E-state index in [4.69, 9.17) is 20.4 Å². The van der Waals surface area contributed by atoms with Crippen LogP contribution in [0.2, 0.25) is 0 Å². The number of ether oxygens (including phenoxy) is 1. The molecule has 0 aromatic rings. The van der Waals surface area contributed by atoms with Crippen LogP contribution in [0, 0.1) is 10.8 Å². The van der Waals surface area contributed by atoms with Crippen LogP contribution in [0.25, 0.3) is 0 Å². The van der Waals surface area contributed by atoms with Gasteiger partial charge in [-0.15, -0.1) is 0 Å². The molecule has 0 aromatic heterocycles. The summed E-state index contributed by atoms with van der Waals surface area (Å²) in [5.41, 5.74) is -3.62. The number of hydrogen-bond acceptors (Lipinski definition) is 10. The number of carbonyl (C=O) groups excluding carboxylic acids is 5. The molecule has 10 heteroatoms. The molecule has 0 aliphatic carbocycles. The molecule has 0 atom stereocenters. The fourth-order valence-corrected chi connectivity index (χ4v) is 1.68. The van der Waals surface area contributed by atoms with Gasteiger partial charge in [0.15, 0.2) is 17.3 Å². The van der Waals surface area contributed by atoms with Gasteiger partial charge in [-0.05, 0) is 20.8 Å². The smallest absolute Gasteiger partial charge is 0.342 e. The van der Waals surface area contributed by atoms with Crippen molar-refractivity contribution < 1.29 is 49.1 Å². The van der Waals surface area contributed by atoms with Crippen LogP contribution in [0.1, 0.15) is 27.7 Å². The molecule has 0 unspecified atom stereocenters. The highest BCUT2D eigenvalue weighted by Gasteiger charge is 2.54. The molecule has 0 saturated heterocycles. The summed E-state index contributed by atoms with van der Waals surface area (Å²) in [5, 5.41) is 34.0. The lowest BCUT2D eigenvalue weighted by Crippen LogP contribution is -2.51.